The fraction of sp³-hybridized carbons (Fsp3) is 0.500. The predicted molar refractivity (Wildman–Crippen MR) is 67.4 cm³/mol. The van der Waals surface area contributed by atoms with Crippen LogP contribution in [0.15, 0.2) is 24.3 Å². The Morgan fingerprint density at radius 3 is 2.35 bits per heavy atom. The first kappa shape index (κ1) is 13.7. The zero-order chi connectivity index (χ0) is 12.7. The second kappa shape index (κ2) is 7.07. The van der Waals surface area contributed by atoms with Crippen LogP contribution >= 0.6 is 0 Å². The summed E-state index contributed by atoms with van der Waals surface area (Å²) in [5.41, 5.74) is 1.14. The normalized spacial score (nSPS) is 12.2. The lowest BCUT2D eigenvalue weighted by molar-refractivity contribution is -0.128. The van der Waals surface area contributed by atoms with E-state index < -0.39 is 0 Å². The summed E-state index contributed by atoms with van der Waals surface area (Å²) in [6, 6.07) is 7.79. The molecule has 0 saturated carbocycles. The third-order valence-electron chi connectivity index (χ3n) is 2.83. The number of Topliss-reactive ketones (excluding diaryl/α,β-unsaturated/α-hetero) is 1. The Kier molecular flexibility index (Phi) is 5.70. The Hall–Kier alpha value is -1.35. The number of ether oxygens (including phenoxy) is 2. The molecule has 0 radical (unpaired) electrons. The first-order valence-corrected chi connectivity index (χ1v) is 5.89. The quantitative estimate of drug-likeness (QED) is 0.730. The van der Waals surface area contributed by atoms with Crippen molar-refractivity contribution in [2.75, 3.05) is 14.2 Å². The van der Waals surface area contributed by atoms with E-state index in [0.717, 1.165) is 24.2 Å². The molecule has 0 aliphatic carbocycles. The van der Waals surface area contributed by atoms with Crippen LogP contribution in [0.4, 0.5) is 0 Å². The standard InChI is InChI=1S/C14H20O3/c1-4-14(17-3)13(15)10-7-11-5-8-12(16-2)9-6-11/h5-6,8-9,14H,4,7,10H2,1-3H3. The average Bonchev–Trinajstić information content (AvgIpc) is 2.38. The first-order chi connectivity index (χ1) is 8.21. The van der Waals surface area contributed by atoms with Gasteiger partial charge in [0.15, 0.2) is 5.78 Å². The van der Waals surface area contributed by atoms with Crippen molar-refractivity contribution in [2.24, 2.45) is 0 Å². The molecule has 0 N–H and O–H groups in total. The van der Waals surface area contributed by atoms with Gasteiger partial charge < -0.3 is 9.47 Å². The summed E-state index contributed by atoms with van der Waals surface area (Å²) in [5, 5.41) is 0. The van der Waals surface area contributed by atoms with Crippen LogP contribution in [0.3, 0.4) is 0 Å². The molecule has 1 rings (SSSR count). The number of methoxy groups -OCH3 is 2. The highest BCUT2D eigenvalue weighted by Gasteiger charge is 2.14. The third-order valence-corrected chi connectivity index (χ3v) is 2.83. The van der Waals surface area contributed by atoms with Gasteiger partial charge in [-0.05, 0) is 30.5 Å². The Labute approximate surface area is 103 Å². The van der Waals surface area contributed by atoms with Crippen molar-refractivity contribution >= 4 is 5.78 Å². The van der Waals surface area contributed by atoms with Crippen molar-refractivity contribution in [2.45, 2.75) is 32.3 Å². The van der Waals surface area contributed by atoms with Gasteiger partial charge in [-0.3, -0.25) is 4.79 Å². The summed E-state index contributed by atoms with van der Waals surface area (Å²) in [5.74, 6) is 1.01. The summed E-state index contributed by atoms with van der Waals surface area (Å²) in [4.78, 5) is 11.8. The van der Waals surface area contributed by atoms with Crippen LogP contribution < -0.4 is 4.74 Å². The lowest BCUT2D eigenvalue weighted by Gasteiger charge is -2.11. The molecule has 3 heteroatoms. The van der Waals surface area contributed by atoms with E-state index in [2.05, 4.69) is 0 Å². The van der Waals surface area contributed by atoms with E-state index in [0.29, 0.717) is 6.42 Å². The number of ketones is 1. The molecule has 17 heavy (non-hydrogen) atoms. The van der Waals surface area contributed by atoms with Gasteiger partial charge in [-0.15, -0.1) is 0 Å². The van der Waals surface area contributed by atoms with Crippen LogP contribution in [0, 0.1) is 0 Å². The number of benzene rings is 1. The minimum Gasteiger partial charge on any atom is -0.497 e. The van der Waals surface area contributed by atoms with Gasteiger partial charge in [-0.1, -0.05) is 19.1 Å². The van der Waals surface area contributed by atoms with E-state index in [1.54, 1.807) is 14.2 Å². The van der Waals surface area contributed by atoms with Crippen molar-refractivity contribution in [3.63, 3.8) is 0 Å². The molecule has 1 atom stereocenters. The number of rotatable bonds is 7. The lowest BCUT2D eigenvalue weighted by atomic mass is 10.0. The fourth-order valence-corrected chi connectivity index (χ4v) is 1.75. The average molecular weight is 236 g/mol. The number of carbonyl (C=O) groups is 1. The number of carbonyl (C=O) groups excluding carboxylic acids is 1. The summed E-state index contributed by atoms with van der Waals surface area (Å²) in [7, 11) is 3.22. The zero-order valence-corrected chi connectivity index (χ0v) is 10.7. The SMILES string of the molecule is CCC(OC)C(=O)CCc1ccc(OC)cc1. The predicted octanol–water partition coefficient (Wildman–Crippen LogP) is 2.62. The van der Waals surface area contributed by atoms with E-state index in [9.17, 15) is 4.79 Å². The number of aryl methyl sites for hydroxylation is 1. The molecule has 1 unspecified atom stereocenters. The summed E-state index contributed by atoms with van der Waals surface area (Å²) in [6.45, 7) is 1.96. The van der Waals surface area contributed by atoms with Gasteiger partial charge in [0.05, 0.1) is 7.11 Å². The van der Waals surface area contributed by atoms with Gasteiger partial charge in [0, 0.05) is 13.5 Å². The highest BCUT2D eigenvalue weighted by atomic mass is 16.5. The fourth-order valence-electron chi connectivity index (χ4n) is 1.75. The number of hydrogen-bond donors (Lipinski definition) is 0. The molecule has 0 aliphatic rings. The topological polar surface area (TPSA) is 35.5 Å². The monoisotopic (exact) mass is 236 g/mol. The van der Waals surface area contributed by atoms with E-state index >= 15 is 0 Å². The van der Waals surface area contributed by atoms with Crippen molar-refractivity contribution in [3.05, 3.63) is 29.8 Å². The van der Waals surface area contributed by atoms with Gasteiger partial charge in [-0.2, -0.15) is 0 Å². The van der Waals surface area contributed by atoms with Crippen LogP contribution in [0.25, 0.3) is 0 Å². The van der Waals surface area contributed by atoms with E-state index in [1.807, 2.05) is 31.2 Å². The molecule has 0 heterocycles. The molecular formula is C14H20O3. The Bertz CT molecular complexity index is 339. The van der Waals surface area contributed by atoms with Crippen molar-refractivity contribution in [3.8, 4) is 5.75 Å². The van der Waals surface area contributed by atoms with Crippen molar-refractivity contribution in [1.82, 2.24) is 0 Å². The molecule has 0 spiro atoms. The summed E-state index contributed by atoms with van der Waals surface area (Å²) in [6.07, 6.45) is 1.76. The van der Waals surface area contributed by atoms with Gasteiger partial charge in [-0.25, -0.2) is 0 Å². The Morgan fingerprint density at radius 1 is 1.24 bits per heavy atom. The van der Waals surface area contributed by atoms with E-state index in [4.69, 9.17) is 9.47 Å². The minimum absolute atomic E-state index is 0.172. The molecule has 1 aromatic rings. The number of hydrogen-bond acceptors (Lipinski definition) is 3. The van der Waals surface area contributed by atoms with Gasteiger partial charge >= 0.3 is 0 Å². The molecular weight excluding hydrogens is 216 g/mol. The second-order valence-electron chi connectivity index (χ2n) is 3.95. The molecule has 0 bridgehead atoms. The smallest absolute Gasteiger partial charge is 0.161 e. The van der Waals surface area contributed by atoms with Gasteiger partial charge in [0.25, 0.3) is 0 Å². The highest BCUT2D eigenvalue weighted by Crippen LogP contribution is 2.13. The zero-order valence-electron chi connectivity index (χ0n) is 10.7. The van der Waals surface area contributed by atoms with Crippen LogP contribution in [-0.4, -0.2) is 26.1 Å². The van der Waals surface area contributed by atoms with E-state index in [1.165, 1.54) is 0 Å². The van der Waals surface area contributed by atoms with E-state index in [-0.39, 0.29) is 11.9 Å². The van der Waals surface area contributed by atoms with Crippen molar-refractivity contribution < 1.29 is 14.3 Å². The van der Waals surface area contributed by atoms with Crippen LogP contribution in [0.5, 0.6) is 5.75 Å². The lowest BCUT2D eigenvalue weighted by Crippen LogP contribution is -2.22. The van der Waals surface area contributed by atoms with Gasteiger partial charge in [0.1, 0.15) is 11.9 Å². The van der Waals surface area contributed by atoms with Crippen LogP contribution in [0.1, 0.15) is 25.3 Å². The maximum absolute atomic E-state index is 11.8. The largest absolute Gasteiger partial charge is 0.497 e. The molecule has 0 saturated heterocycles. The second-order valence-corrected chi connectivity index (χ2v) is 3.95. The molecule has 0 fully saturated rings. The van der Waals surface area contributed by atoms with Crippen LogP contribution in [0.2, 0.25) is 0 Å². The first-order valence-electron chi connectivity index (χ1n) is 5.89. The maximum atomic E-state index is 11.8. The van der Waals surface area contributed by atoms with Crippen LogP contribution in [-0.2, 0) is 16.0 Å². The molecule has 94 valence electrons. The highest BCUT2D eigenvalue weighted by molar-refractivity contribution is 5.83. The molecule has 3 nitrogen and oxygen atoms in total. The maximum Gasteiger partial charge on any atom is 0.161 e. The summed E-state index contributed by atoms with van der Waals surface area (Å²) < 4.78 is 10.2. The molecule has 0 aliphatic heterocycles. The Morgan fingerprint density at radius 2 is 1.88 bits per heavy atom. The minimum atomic E-state index is -0.256. The molecule has 0 aromatic heterocycles. The molecule has 0 amide bonds. The van der Waals surface area contributed by atoms with Crippen molar-refractivity contribution in [1.29, 1.82) is 0 Å². The Balaban J connectivity index is 2.46. The molecule has 1 aromatic carbocycles. The third kappa shape index (κ3) is 4.19. The summed E-state index contributed by atoms with van der Waals surface area (Å²) >= 11 is 0. The van der Waals surface area contributed by atoms with Gasteiger partial charge in [0.2, 0.25) is 0 Å².